The minimum atomic E-state index is 0. The van der Waals surface area contributed by atoms with Gasteiger partial charge in [0.05, 0.1) is 0 Å². The maximum absolute atomic E-state index is 3.60. The Hall–Kier alpha value is -0.280. The van der Waals surface area contributed by atoms with E-state index in [-0.39, 0.29) is 24.8 Å². The Balaban J connectivity index is 0.00000112. The summed E-state index contributed by atoms with van der Waals surface area (Å²) in [5.74, 6) is 0. The molecular weight excluding hydrogens is 243 g/mol. The van der Waals surface area contributed by atoms with Crippen LogP contribution < -0.4 is 10.6 Å². The topological polar surface area (TPSA) is 24.1 Å². The number of nitrogens with one attached hydrogen (secondary N) is 2. The first kappa shape index (κ1) is 15.7. The Bertz CT molecular complexity index is 261. The molecular formula is C12H20Cl2N2. The maximum Gasteiger partial charge on any atom is 0.0208 e. The summed E-state index contributed by atoms with van der Waals surface area (Å²) in [6.45, 7) is 3.32. The van der Waals surface area contributed by atoms with E-state index in [2.05, 4.69) is 41.0 Å². The molecule has 0 amide bonds. The van der Waals surface area contributed by atoms with Crippen molar-refractivity contribution in [2.24, 2.45) is 0 Å². The van der Waals surface area contributed by atoms with Gasteiger partial charge in [-0.3, -0.25) is 0 Å². The predicted molar refractivity (Wildman–Crippen MR) is 73.7 cm³/mol. The second-order valence-corrected chi connectivity index (χ2v) is 3.89. The molecule has 4 heteroatoms. The minimum Gasteiger partial charge on any atom is -0.317 e. The van der Waals surface area contributed by atoms with Crippen LogP contribution >= 0.6 is 24.8 Å². The Morgan fingerprint density at radius 1 is 1.06 bits per heavy atom. The molecule has 0 radical (unpaired) electrons. The van der Waals surface area contributed by atoms with Crippen molar-refractivity contribution >= 4 is 24.8 Å². The van der Waals surface area contributed by atoms with Crippen LogP contribution in [0.3, 0.4) is 0 Å². The van der Waals surface area contributed by atoms with Gasteiger partial charge in [0.1, 0.15) is 0 Å². The average molecular weight is 263 g/mol. The predicted octanol–water partition coefficient (Wildman–Crippen LogP) is 2.37. The molecule has 2 nitrogen and oxygen atoms in total. The van der Waals surface area contributed by atoms with Crippen molar-refractivity contribution < 1.29 is 0 Å². The highest BCUT2D eigenvalue weighted by molar-refractivity contribution is 5.85. The molecule has 0 saturated carbocycles. The lowest BCUT2D eigenvalue weighted by Gasteiger charge is -2.23. The molecule has 1 aliphatic rings. The second-order valence-electron chi connectivity index (χ2n) is 3.89. The van der Waals surface area contributed by atoms with Gasteiger partial charge in [0.15, 0.2) is 0 Å². The summed E-state index contributed by atoms with van der Waals surface area (Å²) in [7, 11) is 0. The zero-order valence-corrected chi connectivity index (χ0v) is 10.9. The van der Waals surface area contributed by atoms with Gasteiger partial charge in [0, 0.05) is 12.6 Å². The van der Waals surface area contributed by atoms with Crippen molar-refractivity contribution in [3.8, 4) is 0 Å². The number of halogens is 2. The second kappa shape index (κ2) is 8.82. The fourth-order valence-electron chi connectivity index (χ4n) is 1.88. The van der Waals surface area contributed by atoms with E-state index >= 15 is 0 Å². The van der Waals surface area contributed by atoms with Gasteiger partial charge >= 0.3 is 0 Å². The van der Waals surface area contributed by atoms with E-state index in [0.29, 0.717) is 6.04 Å². The van der Waals surface area contributed by atoms with Crippen molar-refractivity contribution in [2.75, 3.05) is 13.1 Å². The number of piperidine rings is 1. The van der Waals surface area contributed by atoms with Crippen molar-refractivity contribution in [1.82, 2.24) is 10.6 Å². The monoisotopic (exact) mass is 262 g/mol. The Labute approximate surface area is 110 Å². The van der Waals surface area contributed by atoms with Gasteiger partial charge in [0.2, 0.25) is 0 Å². The molecule has 2 N–H and O–H groups in total. The molecule has 1 fully saturated rings. The summed E-state index contributed by atoms with van der Waals surface area (Å²) in [5.41, 5.74) is 1.38. The number of rotatable bonds is 3. The molecule has 1 heterocycles. The van der Waals surface area contributed by atoms with Gasteiger partial charge < -0.3 is 10.6 Å². The molecule has 1 aromatic carbocycles. The first-order valence-electron chi connectivity index (χ1n) is 5.43. The van der Waals surface area contributed by atoms with Gasteiger partial charge in [-0.25, -0.2) is 0 Å². The van der Waals surface area contributed by atoms with Crippen LogP contribution in [0.4, 0.5) is 0 Å². The summed E-state index contributed by atoms with van der Waals surface area (Å²) in [6, 6.07) is 11.3. The average Bonchev–Trinajstić information content (AvgIpc) is 2.29. The van der Waals surface area contributed by atoms with Crippen molar-refractivity contribution in [1.29, 1.82) is 0 Å². The third kappa shape index (κ3) is 5.17. The zero-order valence-electron chi connectivity index (χ0n) is 9.32. The summed E-state index contributed by atoms with van der Waals surface area (Å²) in [5, 5.41) is 6.97. The minimum absolute atomic E-state index is 0. The first-order chi connectivity index (χ1) is 6.95. The van der Waals surface area contributed by atoms with E-state index in [1.54, 1.807) is 0 Å². The van der Waals surface area contributed by atoms with E-state index in [0.717, 1.165) is 19.6 Å². The van der Waals surface area contributed by atoms with E-state index in [9.17, 15) is 0 Å². The highest BCUT2D eigenvalue weighted by Crippen LogP contribution is 2.04. The molecule has 0 aromatic heterocycles. The third-order valence-electron chi connectivity index (χ3n) is 2.78. The van der Waals surface area contributed by atoms with Crippen LogP contribution in [0.25, 0.3) is 0 Å². The van der Waals surface area contributed by atoms with Crippen molar-refractivity contribution in [3.05, 3.63) is 35.9 Å². The van der Waals surface area contributed by atoms with E-state index in [1.165, 1.54) is 18.4 Å². The molecule has 1 aromatic rings. The fourth-order valence-corrected chi connectivity index (χ4v) is 1.88. The SMILES string of the molecule is Cl.Cl.c1ccc(CNC2CCNCC2)cc1. The molecule has 1 aliphatic heterocycles. The maximum atomic E-state index is 3.60. The van der Waals surface area contributed by atoms with Crippen LogP contribution in [0, 0.1) is 0 Å². The lowest BCUT2D eigenvalue weighted by molar-refractivity contribution is 0.386. The summed E-state index contributed by atoms with van der Waals surface area (Å²) in [6.07, 6.45) is 2.51. The molecule has 0 bridgehead atoms. The van der Waals surface area contributed by atoms with Crippen molar-refractivity contribution in [3.63, 3.8) is 0 Å². The van der Waals surface area contributed by atoms with Crippen LogP contribution in [-0.2, 0) is 6.54 Å². The lowest BCUT2D eigenvalue weighted by Crippen LogP contribution is -2.39. The van der Waals surface area contributed by atoms with Crippen LogP contribution in [0.1, 0.15) is 18.4 Å². The highest BCUT2D eigenvalue weighted by atomic mass is 35.5. The van der Waals surface area contributed by atoms with Gasteiger partial charge in [0.25, 0.3) is 0 Å². The quantitative estimate of drug-likeness (QED) is 0.874. The van der Waals surface area contributed by atoms with Crippen LogP contribution in [0.2, 0.25) is 0 Å². The number of hydrogen-bond acceptors (Lipinski definition) is 2. The van der Waals surface area contributed by atoms with Gasteiger partial charge in [-0.1, -0.05) is 30.3 Å². The fraction of sp³-hybridized carbons (Fsp3) is 0.500. The molecule has 0 atom stereocenters. The molecule has 0 spiro atoms. The van der Waals surface area contributed by atoms with Crippen LogP contribution in [0.5, 0.6) is 0 Å². The van der Waals surface area contributed by atoms with E-state index in [1.807, 2.05) is 0 Å². The lowest BCUT2D eigenvalue weighted by atomic mass is 10.1. The molecule has 16 heavy (non-hydrogen) atoms. The smallest absolute Gasteiger partial charge is 0.0208 e. The molecule has 2 rings (SSSR count). The normalized spacial score (nSPS) is 16.0. The van der Waals surface area contributed by atoms with Crippen LogP contribution in [0.15, 0.2) is 30.3 Å². The first-order valence-corrected chi connectivity index (χ1v) is 5.43. The standard InChI is InChI=1S/C12H18N2.2ClH/c1-2-4-11(5-3-1)10-14-12-6-8-13-9-7-12;;/h1-5,12-14H,6-10H2;2*1H. The molecule has 0 unspecified atom stereocenters. The molecule has 92 valence electrons. The van der Waals surface area contributed by atoms with Gasteiger partial charge in [-0.15, -0.1) is 24.8 Å². The highest BCUT2D eigenvalue weighted by Gasteiger charge is 2.11. The Morgan fingerprint density at radius 2 is 1.69 bits per heavy atom. The summed E-state index contributed by atoms with van der Waals surface area (Å²) < 4.78 is 0. The number of benzene rings is 1. The third-order valence-corrected chi connectivity index (χ3v) is 2.78. The summed E-state index contributed by atoms with van der Waals surface area (Å²) in [4.78, 5) is 0. The van der Waals surface area contributed by atoms with E-state index < -0.39 is 0 Å². The molecule has 0 aliphatic carbocycles. The van der Waals surface area contributed by atoms with Gasteiger partial charge in [-0.05, 0) is 31.5 Å². The zero-order chi connectivity index (χ0) is 9.64. The van der Waals surface area contributed by atoms with E-state index in [4.69, 9.17) is 0 Å². The molecule has 1 saturated heterocycles. The largest absolute Gasteiger partial charge is 0.317 e. The van der Waals surface area contributed by atoms with Gasteiger partial charge in [-0.2, -0.15) is 0 Å². The number of hydrogen-bond donors (Lipinski definition) is 2. The summed E-state index contributed by atoms with van der Waals surface area (Å²) >= 11 is 0. The van der Waals surface area contributed by atoms with Crippen molar-refractivity contribution in [2.45, 2.75) is 25.4 Å². The Kier molecular flexibility index (Phi) is 8.67. The van der Waals surface area contributed by atoms with Crippen LogP contribution in [-0.4, -0.2) is 19.1 Å². The Morgan fingerprint density at radius 3 is 2.31 bits per heavy atom.